The number of unbranched alkanes of at least 4 members (excludes halogenated alkanes) is 16. The fourth-order valence-electron chi connectivity index (χ4n) is 3.47. The van der Waals surface area contributed by atoms with Crippen LogP contribution < -0.4 is 0 Å². The van der Waals surface area contributed by atoms with Gasteiger partial charge in [-0.15, -0.1) is 0 Å². The van der Waals surface area contributed by atoms with Gasteiger partial charge in [0.25, 0.3) is 0 Å². The molecule has 0 saturated heterocycles. The second kappa shape index (κ2) is 17.8. The Hall–Kier alpha value is -0.980. The van der Waals surface area contributed by atoms with Crippen molar-refractivity contribution >= 4 is 6.08 Å². The van der Waals surface area contributed by atoms with Crippen LogP contribution in [0, 0.1) is 0 Å². The Kier molecular flexibility index (Phi) is 15.7. The van der Waals surface area contributed by atoms with E-state index in [9.17, 15) is 0 Å². The third kappa shape index (κ3) is 15.0. The molecule has 1 heteroatoms. The largest absolute Gasteiger partial charge is 0.362 e. The number of rotatable bonds is 18. The maximum atomic E-state index is 3.21. The molecule has 1 heterocycles. The molecule has 0 amide bonds. The van der Waals surface area contributed by atoms with Crippen molar-refractivity contribution in [2.75, 3.05) is 0 Å². The van der Waals surface area contributed by atoms with Gasteiger partial charge >= 0.3 is 0 Å². The quantitative estimate of drug-likeness (QED) is 0.256. The summed E-state index contributed by atoms with van der Waals surface area (Å²) in [5.74, 6) is 0. The van der Waals surface area contributed by atoms with E-state index in [4.69, 9.17) is 0 Å². The van der Waals surface area contributed by atoms with Crippen LogP contribution in [0.1, 0.15) is 122 Å². The van der Waals surface area contributed by atoms with Crippen molar-refractivity contribution < 1.29 is 0 Å². The minimum Gasteiger partial charge on any atom is -0.362 e. The lowest BCUT2D eigenvalue weighted by molar-refractivity contribution is 0.530. The van der Waals surface area contributed by atoms with Crippen molar-refractivity contribution in [3.63, 3.8) is 0 Å². The number of aromatic amines is 1. The average molecular weight is 346 g/mol. The lowest BCUT2D eigenvalue weighted by atomic mass is 10.0. The van der Waals surface area contributed by atoms with Crippen molar-refractivity contribution in [2.24, 2.45) is 0 Å². The molecule has 0 fully saturated rings. The molecular formula is C24H43N. The summed E-state index contributed by atoms with van der Waals surface area (Å²) < 4.78 is 0. The van der Waals surface area contributed by atoms with Crippen molar-refractivity contribution in [2.45, 2.75) is 116 Å². The molecule has 1 rings (SSSR count). The molecule has 0 unspecified atom stereocenters. The lowest BCUT2D eigenvalue weighted by Crippen LogP contribution is -1.83. The topological polar surface area (TPSA) is 15.8 Å². The van der Waals surface area contributed by atoms with Gasteiger partial charge in [-0.1, -0.05) is 109 Å². The third-order valence-electron chi connectivity index (χ3n) is 5.14. The van der Waals surface area contributed by atoms with E-state index < -0.39 is 0 Å². The minimum absolute atomic E-state index is 1.22. The zero-order valence-corrected chi connectivity index (χ0v) is 16.9. The Morgan fingerprint density at radius 2 is 1.16 bits per heavy atom. The zero-order chi connectivity index (χ0) is 17.8. The number of H-pyrrole nitrogens is 1. The average Bonchev–Trinajstić information content (AvgIpc) is 3.14. The van der Waals surface area contributed by atoms with Gasteiger partial charge in [-0.25, -0.2) is 0 Å². The second-order valence-corrected chi connectivity index (χ2v) is 7.62. The summed E-state index contributed by atoms with van der Waals surface area (Å²) in [6.45, 7) is 2.30. The molecule has 0 saturated carbocycles. The van der Waals surface area contributed by atoms with E-state index in [1.807, 2.05) is 12.3 Å². The van der Waals surface area contributed by atoms with Crippen molar-refractivity contribution in [3.8, 4) is 0 Å². The van der Waals surface area contributed by atoms with Gasteiger partial charge in [-0.05, 0) is 31.1 Å². The van der Waals surface area contributed by atoms with E-state index in [1.54, 1.807) is 0 Å². The summed E-state index contributed by atoms with van der Waals surface area (Å²) in [5, 5.41) is 0. The Bertz CT molecular complexity index is 377. The molecule has 144 valence electrons. The fraction of sp³-hybridized carbons (Fsp3) is 0.750. The van der Waals surface area contributed by atoms with E-state index in [0.29, 0.717) is 0 Å². The van der Waals surface area contributed by atoms with Gasteiger partial charge < -0.3 is 4.98 Å². The number of hydrogen-bond acceptors (Lipinski definition) is 0. The lowest BCUT2D eigenvalue weighted by Gasteiger charge is -2.03. The highest BCUT2D eigenvalue weighted by Gasteiger charge is 1.94. The second-order valence-electron chi connectivity index (χ2n) is 7.62. The summed E-state index contributed by atoms with van der Waals surface area (Å²) in [7, 11) is 0. The summed E-state index contributed by atoms with van der Waals surface area (Å²) in [5.41, 5.74) is 1.22. The molecule has 25 heavy (non-hydrogen) atoms. The van der Waals surface area contributed by atoms with E-state index in [1.165, 1.54) is 115 Å². The molecule has 0 radical (unpaired) electrons. The summed E-state index contributed by atoms with van der Waals surface area (Å²) in [4.78, 5) is 3.21. The highest BCUT2D eigenvalue weighted by Crippen LogP contribution is 2.14. The molecule has 0 spiro atoms. The number of hydrogen-bond donors (Lipinski definition) is 1. The van der Waals surface area contributed by atoms with Gasteiger partial charge in [0.2, 0.25) is 0 Å². The molecule has 1 aromatic heterocycles. The Morgan fingerprint density at radius 3 is 1.60 bits per heavy atom. The van der Waals surface area contributed by atoms with E-state index in [2.05, 4.69) is 30.1 Å². The van der Waals surface area contributed by atoms with Crippen LogP contribution in [0.2, 0.25) is 0 Å². The van der Waals surface area contributed by atoms with E-state index >= 15 is 0 Å². The van der Waals surface area contributed by atoms with Crippen LogP contribution in [0.25, 0.3) is 6.08 Å². The van der Waals surface area contributed by atoms with Crippen molar-refractivity contribution in [1.29, 1.82) is 0 Å². The summed E-state index contributed by atoms with van der Waals surface area (Å²) in [6, 6.07) is 4.17. The van der Waals surface area contributed by atoms with Crippen LogP contribution in [0.15, 0.2) is 24.4 Å². The molecule has 1 aromatic rings. The Morgan fingerprint density at radius 1 is 0.680 bits per heavy atom. The Labute approximate surface area is 157 Å². The molecular weight excluding hydrogens is 302 g/mol. The fourth-order valence-corrected chi connectivity index (χ4v) is 3.47. The van der Waals surface area contributed by atoms with Gasteiger partial charge in [-0.2, -0.15) is 0 Å². The maximum absolute atomic E-state index is 3.21. The molecule has 1 N–H and O–H groups in total. The molecule has 0 aliphatic heterocycles. The predicted molar refractivity (Wildman–Crippen MR) is 114 cm³/mol. The monoisotopic (exact) mass is 345 g/mol. The van der Waals surface area contributed by atoms with Gasteiger partial charge in [0, 0.05) is 11.9 Å². The highest BCUT2D eigenvalue weighted by molar-refractivity contribution is 5.43. The molecule has 0 atom stereocenters. The van der Waals surface area contributed by atoms with Gasteiger partial charge in [-0.3, -0.25) is 0 Å². The number of aromatic nitrogens is 1. The zero-order valence-electron chi connectivity index (χ0n) is 16.9. The predicted octanol–water partition coefficient (Wildman–Crippen LogP) is 8.68. The first-order valence-corrected chi connectivity index (χ1v) is 11.2. The minimum atomic E-state index is 1.22. The molecule has 0 aliphatic carbocycles. The van der Waals surface area contributed by atoms with E-state index in [0.717, 1.165) is 0 Å². The van der Waals surface area contributed by atoms with Crippen LogP contribution in [0.3, 0.4) is 0 Å². The van der Waals surface area contributed by atoms with Crippen LogP contribution in [-0.2, 0) is 0 Å². The van der Waals surface area contributed by atoms with Crippen LogP contribution in [-0.4, -0.2) is 4.98 Å². The van der Waals surface area contributed by atoms with Crippen molar-refractivity contribution in [3.05, 3.63) is 30.1 Å². The van der Waals surface area contributed by atoms with Crippen molar-refractivity contribution in [1.82, 2.24) is 4.98 Å². The van der Waals surface area contributed by atoms with Gasteiger partial charge in [0.1, 0.15) is 0 Å². The van der Waals surface area contributed by atoms with Gasteiger partial charge in [0.05, 0.1) is 0 Å². The highest BCUT2D eigenvalue weighted by atomic mass is 14.7. The Balaban J connectivity index is 1.69. The maximum Gasteiger partial charge on any atom is 0.0377 e. The molecule has 0 aromatic carbocycles. The SMILES string of the molecule is CCCCCCCCCCCCCCCCCCC=Cc1ccc[nH]1. The van der Waals surface area contributed by atoms with Crippen LogP contribution in [0.5, 0.6) is 0 Å². The summed E-state index contributed by atoms with van der Waals surface area (Å²) >= 11 is 0. The smallest absolute Gasteiger partial charge is 0.0377 e. The number of nitrogens with one attached hydrogen (secondary N) is 1. The molecule has 0 bridgehead atoms. The van der Waals surface area contributed by atoms with Gasteiger partial charge in [0.15, 0.2) is 0 Å². The molecule has 0 aliphatic rings. The van der Waals surface area contributed by atoms with Crippen LogP contribution >= 0.6 is 0 Å². The molecule has 1 nitrogen and oxygen atoms in total. The van der Waals surface area contributed by atoms with Crippen LogP contribution in [0.4, 0.5) is 0 Å². The van der Waals surface area contributed by atoms with E-state index in [-0.39, 0.29) is 0 Å². The standard InChI is InChI=1S/C24H43N/c1-2-3-4-5-6-7-8-9-10-11-12-13-14-15-16-17-18-19-21-24-22-20-23-25-24/h19-23,25H,2-18H2,1H3. The normalized spacial score (nSPS) is 11.6. The first kappa shape index (κ1) is 22.1. The third-order valence-corrected chi connectivity index (χ3v) is 5.14. The number of allylic oxidation sites excluding steroid dienone is 1. The first-order chi connectivity index (χ1) is 12.4. The summed E-state index contributed by atoms with van der Waals surface area (Å²) in [6.07, 6.45) is 30.8. The first-order valence-electron chi connectivity index (χ1n) is 11.2.